The lowest BCUT2D eigenvalue weighted by atomic mass is 10.1. The fourth-order valence-electron chi connectivity index (χ4n) is 2.99. The van der Waals surface area contributed by atoms with Crippen molar-refractivity contribution in [3.8, 4) is 23.0 Å². The van der Waals surface area contributed by atoms with Crippen molar-refractivity contribution in [1.29, 1.82) is 0 Å². The Morgan fingerprint density at radius 1 is 0.793 bits per heavy atom. The molecule has 5 heteroatoms. The molecule has 0 aliphatic heterocycles. The molecule has 3 aromatic rings. The second-order valence-electron chi connectivity index (χ2n) is 6.94. The molecule has 1 N–H and O–H groups in total. The summed E-state index contributed by atoms with van der Waals surface area (Å²) in [4.78, 5) is 12.2. The number of nitrogens with one attached hydrogen (secondary N) is 1. The van der Waals surface area contributed by atoms with Crippen LogP contribution in [0.3, 0.4) is 0 Å². The average Bonchev–Trinajstić information content (AvgIpc) is 2.67. The van der Waals surface area contributed by atoms with E-state index >= 15 is 0 Å². The van der Waals surface area contributed by atoms with Gasteiger partial charge in [-0.1, -0.05) is 12.1 Å². The van der Waals surface area contributed by atoms with Crippen molar-refractivity contribution in [2.45, 2.75) is 20.8 Å². The van der Waals surface area contributed by atoms with Gasteiger partial charge in [0.2, 0.25) is 0 Å². The van der Waals surface area contributed by atoms with Crippen LogP contribution in [0.1, 0.15) is 16.7 Å². The van der Waals surface area contributed by atoms with Gasteiger partial charge in [-0.05, 0) is 86.0 Å². The maximum Gasteiger partial charge on any atom is 0.262 e. The van der Waals surface area contributed by atoms with Crippen LogP contribution < -0.4 is 19.5 Å². The van der Waals surface area contributed by atoms with Gasteiger partial charge in [-0.25, -0.2) is 0 Å². The maximum atomic E-state index is 12.2. The molecule has 5 nitrogen and oxygen atoms in total. The Hall–Kier alpha value is -3.47. The fourth-order valence-corrected chi connectivity index (χ4v) is 2.99. The lowest BCUT2D eigenvalue weighted by molar-refractivity contribution is -0.118. The standard InChI is InChI=1S/C24H25NO4/c1-16-5-10-23(27-4)22(14-16)25-24(26)15-28-19-6-8-20(9-7-19)29-21-12-17(2)11-18(3)13-21/h5-14H,15H2,1-4H3,(H,25,26). The topological polar surface area (TPSA) is 56.8 Å². The van der Waals surface area contributed by atoms with E-state index in [0.29, 0.717) is 22.9 Å². The van der Waals surface area contributed by atoms with E-state index in [1.165, 1.54) is 0 Å². The predicted molar refractivity (Wildman–Crippen MR) is 114 cm³/mol. The van der Waals surface area contributed by atoms with Crippen LogP contribution in [0.5, 0.6) is 23.0 Å². The highest BCUT2D eigenvalue weighted by Gasteiger charge is 2.09. The van der Waals surface area contributed by atoms with Gasteiger partial charge in [-0.2, -0.15) is 0 Å². The van der Waals surface area contributed by atoms with Gasteiger partial charge in [0.05, 0.1) is 12.8 Å². The quantitative estimate of drug-likeness (QED) is 0.583. The maximum absolute atomic E-state index is 12.2. The molecule has 0 aliphatic carbocycles. The molecule has 0 fully saturated rings. The Kier molecular flexibility index (Phi) is 6.39. The Labute approximate surface area is 171 Å². The molecule has 0 saturated heterocycles. The molecular formula is C24H25NO4. The van der Waals surface area contributed by atoms with Crippen molar-refractivity contribution < 1.29 is 19.0 Å². The third-order valence-corrected chi connectivity index (χ3v) is 4.25. The zero-order chi connectivity index (χ0) is 20.8. The number of aryl methyl sites for hydroxylation is 3. The van der Waals surface area contributed by atoms with Gasteiger partial charge in [-0.3, -0.25) is 4.79 Å². The molecule has 0 radical (unpaired) electrons. The van der Waals surface area contributed by atoms with Crippen LogP contribution in [0, 0.1) is 20.8 Å². The van der Waals surface area contributed by atoms with Crippen LogP contribution in [0.4, 0.5) is 5.69 Å². The molecule has 0 bridgehead atoms. The van der Waals surface area contributed by atoms with Crippen LogP contribution in [-0.4, -0.2) is 19.6 Å². The summed E-state index contributed by atoms with van der Waals surface area (Å²) in [5.41, 5.74) is 3.95. The van der Waals surface area contributed by atoms with Crippen molar-refractivity contribution in [3.05, 3.63) is 77.4 Å². The summed E-state index contributed by atoms with van der Waals surface area (Å²) in [5.74, 6) is 2.43. The van der Waals surface area contributed by atoms with Crippen LogP contribution in [-0.2, 0) is 4.79 Å². The molecule has 29 heavy (non-hydrogen) atoms. The van der Waals surface area contributed by atoms with Crippen molar-refractivity contribution in [3.63, 3.8) is 0 Å². The summed E-state index contributed by atoms with van der Waals surface area (Å²) in [6.45, 7) is 5.92. The van der Waals surface area contributed by atoms with Crippen molar-refractivity contribution in [2.24, 2.45) is 0 Å². The van der Waals surface area contributed by atoms with Crippen LogP contribution in [0.25, 0.3) is 0 Å². The normalized spacial score (nSPS) is 10.3. The summed E-state index contributed by atoms with van der Waals surface area (Å²) in [6.07, 6.45) is 0. The Morgan fingerprint density at radius 2 is 1.45 bits per heavy atom. The summed E-state index contributed by atoms with van der Waals surface area (Å²) < 4.78 is 16.7. The number of amides is 1. The number of methoxy groups -OCH3 is 1. The van der Waals surface area contributed by atoms with Crippen molar-refractivity contribution in [2.75, 3.05) is 19.0 Å². The van der Waals surface area contributed by atoms with Gasteiger partial charge in [0.1, 0.15) is 23.0 Å². The van der Waals surface area contributed by atoms with Gasteiger partial charge >= 0.3 is 0 Å². The van der Waals surface area contributed by atoms with E-state index in [2.05, 4.69) is 11.4 Å². The summed E-state index contributed by atoms with van der Waals surface area (Å²) in [5, 5.41) is 2.81. The van der Waals surface area contributed by atoms with E-state index in [-0.39, 0.29) is 12.5 Å². The van der Waals surface area contributed by atoms with Crippen LogP contribution in [0.15, 0.2) is 60.7 Å². The highest BCUT2D eigenvalue weighted by atomic mass is 16.5. The van der Waals surface area contributed by atoms with Gasteiger partial charge < -0.3 is 19.5 Å². The summed E-state index contributed by atoms with van der Waals surface area (Å²) in [7, 11) is 1.57. The highest BCUT2D eigenvalue weighted by Crippen LogP contribution is 2.27. The van der Waals surface area contributed by atoms with E-state index in [1.807, 2.05) is 63.2 Å². The predicted octanol–water partition coefficient (Wildman–Crippen LogP) is 5.43. The number of carbonyl (C=O) groups is 1. The van der Waals surface area contributed by atoms with Gasteiger partial charge in [-0.15, -0.1) is 0 Å². The zero-order valence-electron chi connectivity index (χ0n) is 17.1. The van der Waals surface area contributed by atoms with Gasteiger partial charge in [0, 0.05) is 0 Å². The Balaban J connectivity index is 1.56. The number of hydrogen-bond acceptors (Lipinski definition) is 4. The molecule has 0 saturated carbocycles. The third kappa shape index (κ3) is 5.75. The third-order valence-electron chi connectivity index (χ3n) is 4.25. The van der Waals surface area contributed by atoms with Gasteiger partial charge in [0.15, 0.2) is 6.61 Å². The molecule has 0 aromatic heterocycles. The van der Waals surface area contributed by atoms with E-state index in [0.717, 1.165) is 22.4 Å². The lowest BCUT2D eigenvalue weighted by Gasteiger charge is -2.12. The first-order chi connectivity index (χ1) is 13.9. The molecule has 0 unspecified atom stereocenters. The average molecular weight is 391 g/mol. The number of carbonyl (C=O) groups excluding carboxylic acids is 1. The smallest absolute Gasteiger partial charge is 0.262 e. The second kappa shape index (κ2) is 9.15. The van der Waals surface area contributed by atoms with E-state index in [9.17, 15) is 4.79 Å². The molecule has 150 valence electrons. The highest BCUT2D eigenvalue weighted by molar-refractivity contribution is 5.93. The molecule has 3 rings (SSSR count). The molecule has 0 heterocycles. The Bertz CT molecular complexity index is 976. The van der Waals surface area contributed by atoms with E-state index < -0.39 is 0 Å². The molecule has 0 aliphatic rings. The number of anilines is 1. The van der Waals surface area contributed by atoms with Gasteiger partial charge in [0.25, 0.3) is 5.91 Å². The Morgan fingerprint density at radius 3 is 2.10 bits per heavy atom. The van der Waals surface area contributed by atoms with Crippen LogP contribution in [0.2, 0.25) is 0 Å². The minimum absolute atomic E-state index is 0.103. The number of ether oxygens (including phenoxy) is 3. The summed E-state index contributed by atoms with van der Waals surface area (Å²) >= 11 is 0. The molecule has 0 atom stereocenters. The zero-order valence-corrected chi connectivity index (χ0v) is 17.1. The first kappa shape index (κ1) is 20.3. The largest absolute Gasteiger partial charge is 0.495 e. The van der Waals surface area contributed by atoms with E-state index in [1.54, 1.807) is 19.2 Å². The molecule has 1 amide bonds. The molecular weight excluding hydrogens is 366 g/mol. The monoisotopic (exact) mass is 391 g/mol. The number of benzene rings is 3. The SMILES string of the molecule is COc1ccc(C)cc1NC(=O)COc1ccc(Oc2cc(C)cc(C)c2)cc1. The lowest BCUT2D eigenvalue weighted by Crippen LogP contribution is -2.20. The number of hydrogen-bond donors (Lipinski definition) is 1. The van der Waals surface area contributed by atoms with Crippen molar-refractivity contribution in [1.82, 2.24) is 0 Å². The minimum atomic E-state index is -0.260. The second-order valence-corrected chi connectivity index (χ2v) is 6.94. The first-order valence-electron chi connectivity index (χ1n) is 9.36. The number of rotatable bonds is 7. The van der Waals surface area contributed by atoms with Crippen LogP contribution >= 0.6 is 0 Å². The minimum Gasteiger partial charge on any atom is -0.495 e. The summed E-state index contributed by atoms with van der Waals surface area (Å²) in [6, 6.07) is 18.9. The van der Waals surface area contributed by atoms with Crippen molar-refractivity contribution >= 4 is 11.6 Å². The first-order valence-corrected chi connectivity index (χ1v) is 9.36. The fraction of sp³-hybridized carbons (Fsp3) is 0.208. The molecule has 0 spiro atoms. The van der Waals surface area contributed by atoms with E-state index in [4.69, 9.17) is 14.2 Å². The molecule has 3 aromatic carbocycles.